The Morgan fingerprint density at radius 1 is 1.41 bits per heavy atom. The van der Waals surface area contributed by atoms with Gasteiger partial charge < -0.3 is 20.5 Å². The highest BCUT2D eigenvalue weighted by atomic mass is 16.5. The summed E-state index contributed by atoms with van der Waals surface area (Å²) in [4.78, 5) is 11.5. The molecule has 17 heavy (non-hydrogen) atoms. The maximum atomic E-state index is 11.5. The molecule has 0 aromatic heterocycles. The van der Waals surface area contributed by atoms with Gasteiger partial charge in [0, 0.05) is 13.2 Å². The van der Waals surface area contributed by atoms with E-state index in [1.54, 1.807) is 0 Å². The molecule has 0 bridgehead atoms. The normalized spacial score (nSPS) is 13.2. The highest BCUT2D eigenvalue weighted by Gasteiger charge is 2.19. The van der Waals surface area contributed by atoms with Crippen molar-refractivity contribution in [2.45, 2.75) is 40.2 Å². The Kier molecular flexibility index (Phi) is 7.91. The van der Waals surface area contributed by atoms with E-state index in [2.05, 4.69) is 31.4 Å². The van der Waals surface area contributed by atoms with E-state index in [1.165, 1.54) is 0 Å². The summed E-state index contributed by atoms with van der Waals surface area (Å²) in [5.41, 5.74) is 0.0754. The number of carbonyl (C=O) groups is 1. The Morgan fingerprint density at radius 2 is 2.06 bits per heavy atom. The minimum Gasteiger partial charge on any atom is -0.394 e. The minimum absolute atomic E-state index is 0.0455. The molecule has 0 rings (SSSR count). The summed E-state index contributed by atoms with van der Waals surface area (Å²) in [5, 5.41) is 14.6. The third-order valence-electron chi connectivity index (χ3n) is 2.15. The lowest BCUT2D eigenvalue weighted by molar-refractivity contribution is 0.148. The first-order valence-electron chi connectivity index (χ1n) is 6.12. The number of urea groups is 1. The molecule has 1 unspecified atom stereocenters. The molecular weight excluding hydrogens is 220 g/mol. The second kappa shape index (κ2) is 8.31. The predicted molar refractivity (Wildman–Crippen MR) is 68.0 cm³/mol. The van der Waals surface area contributed by atoms with Gasteiger partial charge in [0.05, 0.1) is 19.3 Å². The van der Waals surface area contributed by atoms with E-state index >= 15 is 0 Å². The van der Waals surface area contributed by atoms with Crippen LogP contribution in [0.25, 0.3) is 0 Å². The average molecular weight is 246 g/mol. The van der Waals surface area contributed by atoms with Crippen LogP contribution in [0, 0.1) is 5.41 Å². The molecule has 0 saturated carbocycles. The Labute approximate surface area is 104 Å². The quantitative estimate of drug-likeness (QED) is 0.590. The van der Waals surface area contributed by atoms with Gasteiger partial charge in [-0.2, -0.15) is 0 Å². The molecule has 0 radical (unpaired) electrons. The third-order valence-corrected chi connectivity index (χ3v) is 2.15. The van der Waals surface area contributed by atoms with E-state index in [4.69, 9.17) is 4.74 Å². The average Bonchev–Trinajstić information content (AvgIpc) is 2.21. The number of hydrogen-bond donors (Lipinski definition) is 3. The Bertz CT molecular complexity index is 214. The molecule has 5 nitrogen and oxygen atoms in total. The fourth-order valence-electron chi connectivity index (χ4n) is 1.52. The number of aliphatic hydroxyl groups is 1. The summed E-state index contributed by atoms with van der Waals surface area (Å²) < 4.78 is 5.10. The molecule has 2 amide bonds. The molecule has 0 spiro atoms. The molecule has 5 heteroatoms. The monoisotopic (exact) mass is 246 g/mol. The molecule has 0 aliphatic heterocycles. The number of rotatable bonds is 7. The molecule has 0 aliphatic carbocycles. The molecule has 0 aromatic rings. The number of aliphatic hydroxyl groups excluding tert-OH is 1. The summed E-state index contributed by atoms with van der Waals surface area (Å²) in [5.74, 6) is 0. The maximum absolute atomic E-state index is 11.5. The second-order valence-electron chi connectivity index (χ2n) is 5.24. The van der Waals surface area contributed by atoms with E-state index in [9.17, 15) is 9.90 Å². The van der Waals surface area contributed by atoms with Gasteiger partial charge in [-0.3, -0.25) is 0 Å². The van der Waals surface area contributed by atoms with Crippen LogP contribution in [0.4, 0.5) is 4.79 Å². The third kappa shape index (κ3) is 10.1. The van der Waals surface area contributed by atoms with Crippen molar-refractivity contribution < 1.29 is 14.6 Å². The topological polar surface area (TPSA) is 70.6 Å². The van der Waals surface area contributed by atoms with Gasteiger partial charge in [-0.1, -0.05) is 20.8 Å². The van der Waals surface area contributed by atoms with E-state index in [0.29, 0.717) is 19.8 Å². The molecule has 1 atom stereocenters. The number of hydrogen-bond acceptors (Lipinski definition) is 3. The number of nitrogens with one attached hydrogen (secondary N) is 2. The van der Waals surface area contributed by atoms with Crippen molar-refractivity contribution in [1.29, 1.82) is 0 Å². The zero-order valence-electron chi connectivity index (χ0n) is 11.4. The van der Waals surface area contributed by atoms with Gasteiger partial charge in [-0.05, 0) is 18.8 Å². The first-order valence-corrected chi connectivity index (χ1v) is 6.12. The van der Waals surface area contributed by atoms with Crippen molar-refractivity contribution in [3.05, 3.63) is 0 Å². The van der Waals surface area contributed by atoms with Crippen molar-refractivity contribution in [3.63, 3.8) is 0 Å². The van der Waals surface area contributed by atoms with Gasteiger partial charge in [0.15, 0.2) is 0 Å². The van der Waals surface area contributed by atoms with Crippen LogP contribution in [0.2, 0.25) is 0 Å². The number of carbonyl (C=O) groups excluding carboxylic acids is 1. The van der Waals surface area contributed by atoms with Gasteiger partial charge in [0.25, 0.3) is 0 Å². The van der Waals surface area contributed by atoms with Crippen molar-refractivity contribution in [1.82, 2.24) is 10.6 Å². The van der Waals surface area contributed by atoms with Crippen LogP contribution >= 0.6 is 0 Å². The van der Waals surface area contributed by atoms with Gasteiger partial charge in [-0.15, -0.1) is 0 Å². The van der Waals surface area contributed by atoms with Crippen molar-refractivity contribution in [2.24, 2.45) is 5.41 Å². The van der Waals surface area contributed by atoms with Crippen LogP contribution in [0.1, 0.15) is 34.1 Å². The minimum atomic E-state index is -0.256. The standard InChI is InChI=1S/C12H26N2O3/c1-5-17-7-6-13-11(16)14-10(9-15)8-12(2,3)4/h10,15H,5-9H2,1-4H3,(H2,13,14,16). The van der Waals surface area contributed by atoms with E-state index in [1.807, 2.05) is 6.92 Å². The molecule has 0 saturated heterocycles. The van der Waals surface area contributed by atoms with E-state index in [-0.39, 0.29) is 24.1 Å². The molecule has 0 aliphatic rings. The van der Waals surface area contributed by atoms with Crippen LogP contribution in [0.3, 0.4) is 0 Å². The van der Waals surface area contributed by atoms with Gasteiger partial charge in [0.2, 0.25) is 0 Å². The van der Waals surface area contributed by atoms with Crippen LogP contribution < -0.4 is 10.6 Å². The van der Waals surface area contributed by atoms with Crippen LogP contribution in [-0.4, -0.2) is 43.5 Å². The number of amides is 2. The smallest absolute Gasteiger partial charge is 0.315 e. The second-order valence-corrected chi connectivity index (χ2v) is 5.24. The highest BCUT2D eigenvalue weighted by Crippen LogP contribution is 2.20. The zero-order chi connectivity index (χ0) is 13.3. The zero-order valence-corrected chi connectivity index (χ0v) is 11.4. The molecule has 0 aromatic carbocycles. The Balaban J connectivity index is 3.82. The summed E-state index contributed by atoms with van der Waals surface area (Å²) in [6.45, 7) is 9.72. The van der Waals surface area contributed by atoms with Crippen molar-refractivity contribution in [2.75, 3.05) is 26.4 Å². The van der Waals surface area contributed by atoms with Crippen LogP contribution in [0.5, 0.6) is 0 Å². The van der Waals surface area contributed by atoms with Crippen molar-refractivity contribution in [3.8, 4) is 0 Å². The molecule has 3 N–H and O–H groups in total. The fraction of sp³-hybridized carbons (Fsp3) is 0.917. The van der Waals surface area contributed by atoms with Crippen LogP contribution in [0.15, 0.2) is 0 Å². The predicted octanol–water partition coefficient (Wildman–Crippen LogP) is 1.12. The lowest BCUT2D eigenvalue weighted by Crippen LogP contribution is -2.46. The summed E-state index contributed by atoms with van der Waals surface area (Å²) in [7, 11) is 0. The van der Waals surface area contributed by atoms with Crippen molar-refractivity contribution >= 4 is 6.03 Å². The maximum Gasteiger partial charge on any atom is 0.315 e. The lowest BCUT2D eigenvalue weighted by atomic mass is 9.88. The van der Waals surface area contributed by atoms with Gasteiger partial charge in [-0.25, -0.2) is 4.79 Å². The molecule has 0 heterocycles. The van der Waals surface area contributed by atoms with E-state index < -0.39 is 0 Å². The summed E-state index contributed by atoms with van der Waals surface area (Å²) >= 11 is 0. The van der Waals surface area contributed by atoms with Gasteiger partial charge in [0.1, 0.15) is 0 Å². The summed E-state index contributed by atoms with van der Waals surface area (Å²) in [6.07, 6.45) is 0.738. The Morgan fingerprint density at radius 3 is 2.53 bits per heavy atom. The van der Waals surface area contributed by atoms with E-state index in [0.717, 1.165) is 6.42 Å². The number of ether oxygens (including phenoxy) is 1. The van der Waals surface area contributed by atoms with Crippen LogP contribution in [-0.2, 0) is 4.74 Å². The molecule has 0 fully saturated rings. The SMILES string of the molecule is CCOCCNC(=O)NC(CO)CC(C)(C)C. The molecular formula is C12H26N2O3. The largest absolute Gasteiger partial charge is 0.394 e. The molecule has 102 valence electrons. The first-order chi connectivity index (χ1) is 7.89. The fourth-order valence-corrected chi connectivity index (χ4v) is 1.52. The summed E-state index contributed by atoms with van der Waals surface area (Å²) in [6, 6.07) is -0.463. The first kappa shape index (κ1) is 16.2. The Hall–Kier alpha value is -0.810. The van der Waals surface area contributed by atoms with Gasteiger partial charge >= 0.3 is 6.03 Å². The highest BCUT2D eigenvalue weighted by molar-refractivity contribution is 5.74. The lowest BCUT2D eigenvalue weighted by Gasteiger charge is -2.25.